The minimum Gasteiger partial charge on any atom is -0.297 e. The standard InChI is InChI=1S/C12H20N4S2/c1-10(2)16-12(3,8-13)6-4-5-7-17-11-14-9-15-18-11/h9-10,16H,4-7H2,1-3H3. The van der Waals surface area contributed by atoms with Gasteiger partial charge in [0.05, 0.1) is 6.07 Å². The maximum Gasteiger partial charge on any atom is 0.169 e. The lowest BCUT2D eigenvalue weighted by Crippen LogP contribution is -2.44. The smallest absolute Gasteiger partial charge is 0.169 e. The summed E-state index contributed by atoms with van der Waals surface area (Å²) < 4.78 is 4.99. The van der Waals surface area contributed by atoms with Crippen LogP contribution < -0.4 is 5.32 Å². The van der Waals surface area contributed by atoms with Crippen LogP contribution in [0.1, 0.15) is 40.0 Å². The van der Waals surface area contributed by atoms with Crippen LogP contribution in [-0.4, -0.2) is 26.7 Å². The summed E-state index contributed by atoms with van der Waals surface area (Å²) in [5.41, 5.74) is -0.401. The molecule has 0 radical (unpaired) electrons. The van der Waals surface area contributed by atoms with Crippen LogP contribution in [0.4, 0.5) is 0 Å². The van der Waals surface area contributed by atoms with Crippen molar-refractivity contribution in [3.63, 3.8) is 0 Å². The van der Waals surface area contributed by atoms with Gasteiger partial charge in [-0.05, 0) is 51.6 Å². The molecule has 6 heteroatoms. The first-order valence-electron chi connectivity index (χ1n) is 6.14. The Morgan fingerprint density at radius 1 is 1.56 bits per heavy atom. The quantitative estimate of drug-likeness (QED) is 0.587. The molecule has 0 aliphatic heterocycles. The fourth-order valence-electron chi connectivity index (χ4n) is 1.76. The first-order chi connectivity index (χ1) is 8.56. The van der Waals surface area contributed by atoms with Crippen LogP contribution in [0.3, 0.4) is 0 Å². The molecule has 18 heavy (non-hydrogen) atoms. The van der Waals surface area contributed by atoms with Crippen molar-refractivity contribution in [2.24, 2.45) is 0 Å². The Bertz CT molecular complexity index is 372. The molecule has 1 atom stereocenters. The molecule has 1 aromatic rings. The van der Waals surface area contributed by atoms with Gasteiger partial charge in [-0.2, -0.15) is 9.64 Å². The van der Waals surface area contributed by atoms with Crippen molar-refractivity contribution in [1.29, 1.82) is 5.26 Å². The second kappa shape index (κ2) is 7.72. The molecule has 4 nitrogen and oxygen atoms in total. The Balaban J connectivity index is 2.18. The predicted octanol–water partition coefficient (Wildman–Crippen LogP) is 3.08. The Labute approximate surface area is 117 Å². The maximum atomic E-state index is 9.21. The normalized spacial score (nSPS) is 14.4. The van der Waals surface area contributed by atoms with Gasteiger partial charge >= 0.3 is 0 Å². The van der Waals surface area contributed by atoms with Gasteiger partial charge in [0.25, 0.3) is 0 Å². The third-order valence-electron chi connectivity index (χ3n) is 2.49. The second-order valence-electron chi connectivity index (χ2n) is 4.76. The molecular weight excluding hydrogens is 264 g/mol. The number of unbranched alkanes of at least 4 members (excludes halogenated alkanes) is 1. The molecule has 0 aromatic carbocycles. The average Bonchev–Trinajstić information content (AvgIpc) is 2.80. The fraction of sp³-hybridized carbons (Fsp3) is 0.750. The predicted molar refractivity (Wildman–Crippen MR) is 76.8 cm³/mol. The molecule has 1 rings (SSSR count). The summed E-state index contributed by atoms with van der Waals surface area (Å²) >= 11 is 3.18. The molecule has 1 aromatic heterocycles. The molecule has 1 heterocycles. The third-order valence-corrected chi connectivity index (χ3v) is 4.38. The van der Waals surface area contributed by atoms with Crippen molar-refractivity contribution in [3.8, 4) is 6.07 Å². The van der Waals surface area contributed by atoms with Crippen molar-refractivity contribution < 1.29 is 0 Å². The number of hydrogen-bond donors (Lipinski definition) is 1. The van der Waals surface area contributed by atoms with Crippen LogP contribution >= 0.6 is 23.3 Å². The summed E-state index contributed by atoms with van der Waals surface area (Å²) in [4.78, 5) is 4.12. The highest BCUT2D eigenvalue weighted by Crippen LogP contribution is 2.21. The Morgan fingerprint density at radius 3 is 2.89 bits per heavy atom. The number of thioether (sulfide) groups is 1. The summed E-state index contributed by atoms with van der Waals surface area (Å²) in [6.45, 7) is 6.12. The number of nitrogens with one attached hydrogen (secondary N) is 1. The van der Waals surface area contributed by atoms with E-state index in [2.05, 4.69) is 34.6 Å². The highest BCUT2D eigenvalue weighted by molar-refractivity contribution is 8.00. The summed E-state index contributed by atoms with van der Waals surface area (Å²) in [5, 5.41) is 12.5. The van der Waals surface area contributed by atoms with Crippen LogP contribution in [0.25, 0.3) is 0 Å². The summed E-state index contributed by atoms with van der Waals surface area (Å²) in [5.74, 6) is 1.04. The van der Waals surface area contributed by atoms with Crippen molar-refractivity contribution >= 4 is 23.3 Å². The van der Waals surface area contributed by atoms with Gasteiger partial charge in [0.15, 0.2) is 4.34 Å². The Hall–Kier alpha value is -0.640. The van der Waals surface area contributed by atoms with Crippen molar-refractivity contribution in [2.75, 3.05) is 5.75 Å². The number of rotatable bonds is 8. The van der Waals surface area contributed by atoms with Crippen molar-refractivity contribution in [3.05, 3.63) is 6.33 Å². The number of nitriles is 1. The van der Waals surface area contributed by atoms with E-state index in [9.17, 15) is 5.26 Å². The van der Waals surface area contributed by atoms with Gasteiger partial charge in [-0.1, -0.05) is 11.8 Å². The molecule has 0 saturated carbocycles. The number of nitrogens with zero attached hydrogens (tertiary/aromatic N) is 3. The minimum absolute atomic E-state index is 0.338. The monoisotopic (exact) mass is 284 g/mol. The zero-order valence-corrected chi connectivity index (χ0v) is 12.8. The molecule has 0 saturated heterocycles. The van der Waals surface area contributed by atoms with Crippen LogP contribution in [-0.2, 0) is 0 Å². The highest BCUT2D eigenvalue weighted by atomic mass is 32.2. The van der Waals surface area contributed by atoms with E-state index in [1.807, 2.05) is 6.92 Å². The van der Waals surface area contributed by atoms with Crippen LogP contribution in [0.2, 0.25) is 0 Å². The fourth-order valence-corrected chi connectivity index (χ4v) is 3.28. The zero-order chi connectivity index (χ0) is 13.4. The zero-order valence-electron chi connectivity index (χ0n) is 11.1. The molecule has 0 aliphatic carbocycles. The van der Waals surface area contributed by atoms with E-state index in [0.29, 0.717) is 6.04 Å². The second-order valence-corrected chi connectivity index (χ2v) is 6.88. The molecule has 1 N–H and O–H groups in total. The average molecular weight is 284 g/mol. The molecular formula is C12H20N4S2. The number of hydrogen-bond acceptors (Lipinski definition) is 6. The first kappa shape index (κ1) is 15.4. The number of aromatic nitrogens is 2. The van der Waals surface area contributed by atoms with E-state index in [4.69, 9.17) is 0 Å². The topological polar surface area (TPSA) is 61.6 Å². The molecule has 0 amide bonds. The molecule has 1 unspecified atom stereocenters. The Morgan fingerprint density at radius 2 is 2.33 bits per heavy atom. The largest absolute Gasteiger partial charge is 0.297 e. The van der Waals surface area contributed by atoms with Crippen molar-refractivity contribution in [1.82, 2.24) is 14.7 Å². The first-order valence-corrected chi connectivity index (χ1v) is 7.90. The lowest BCUT2D eigenvalue weighted by Gasteiger charge is -2.25. The SMILES string of the molecule is CC(C)NC(C)(C#N)CCCCSc1ncns1. The molecule has 0 bridgehead atoms. The van der Waals surface area contributed by atoms with Crippen LogP contribution in [0.5, 0.6) is 0 Å². The van der Waals surface area contributed by atoms with Gasteiger partial charge in [-0.25, -0.2) is 4.98 Å². The van der Waals surface area contributed by atoms with E-state index in [-0.39, 0.29) is 0 Å². The molecule has 100 valence electrons. The lowest BCUT2D eigenvalue weighted by atomic mass is 9.96. The van der Waals surface area contributed by atoms with Gasteiger partial charge in [-0.15, -0.1) is 0 Å². The van der Waals surface area contributed by atoms with Crippen molar-refractivity contribution in [2.45, 2.75) is 56.0 Å². The summed E-state index contributed by atoms with van der Waals surface area (Å²) in [7, 11) is 0. The Kier molecular flexibility index (Phi) is 6.61. The summed E-state index contributed by atoms with van der Waals surface area (Å²) in [6, 6.07) is 2.71. The highest BCUT2D eigenvalue weighted by Gasteiger charge is 2.23. The third kappa shape index (κ3) is 5.80. The van der Waals surface area contributed by atoms with Gasteiger partial charge in [0.1, 0.15) is 11.9 Å². The van der Waals surface area contributed by atoms with E-state index in [1.54, 1.807) is 18.1 Å². The lowest BCUT2D eigenvalue weighted by molar-refractivity contribution is 0.372. The summed E-state index contributed by atoms with van der Waals surface area (Å²) in [6.07, 6.45) is 4.63. The van der Waals surface area contributed by atoms with E-state index >= 15 is 0 Å². The van der Waals surface area contributed by atoms with E-state index < -0.39 is 5.54 Å². The van der Waals surface area contributed by atoms with E-state index in [0.717, 1.165) is 29.4 Å². The minimum atomic E-state index is -0.401. The van der Waals surface area contributed by atoms with Gasteiger partial charge < -0.3 is 0 Å². The van der Waals surface area contributed by atoms with Gasteiger partial charge in [0.2, 0.25) is 0 Å². The van der Waals surface area contributed by atoms with Gasteiger partial charge in [-0.3, -0.25) is 5.32 Å². The van der Waals surface area contributed by atoms with E-state index in [1.165, 1.54) is 11.5 Å². The molecule has 0 aliphatic rings. The maximum absolute atomic E-state index is 9.21. The van der Waals surface area contributed by atoms with Crippen LogP contribution in [0.15, 0.2) is 10.7 Å². The van der Waals surface area contributed by atoms with Crippen LogP contribution in [0, 0.1) is 11.3 Å². The molecule has 0 spiro atoms. The molecule has 0 fully saturated rings. The van der Waals surface area contributed by atoms with Gasteiger partial charge in [0, 0.05) is 11.8 Å².